The van der Waals surface area contributed by atoms with Crippen LogP contribution in [0.3, 0.4) is 0 Å². The molecule has 1 aromatic heterocycles. The molecule has 0 fully saturated rings. The molecule has 2 unspecified atom stereocenters. The summed E-state index contributed by atoms with van der Waals surface area (Å²) in [4.78, 5) is 21.4. The van der Waals surface area contributed by atoms with E-state index in [1.54, 1.807) is 19.0 Å². The highest BCUT2D eigenvalue weighted by atomic mass is 16.2. The maximum absolute atomic E-state index is 12.1. The van der Waals surface area contributed by atoms with Crippen LogP contribution in [-0.2, 0) is 10.2 Å². The van der Waals surface area contributed by atoms with Crippen molar-refractivity contribution >= 4 is 16.9 Å². The fraction of sp³-hybridized carbons (Fsp3) is 0.529. The van der Waals surface area contributed by atoms with Crippen LogP contribution in [0.25, 0.3) is 11.0 Å². The molecule has 0 bridgehead atoms. The number of benzene rings is 1. The smallest absolute Gasteiger partial charge is 0.226 e. The second-order valence-electron chi connectivity index (χ2n) is 7.15. The molecule has 0 spiro atoms. The third kappa shape index (κ3) is 3.14. The van der Waals surface area contributed by atoms with Crippen LogP contribution in [0.5, 0.6) is 0 Å². The summed E-state index contributed by atoms with van der Waals surface area (Å²) in [6.45, 7) is 8.36. The Morgan fingerprint density at radius 2 is 1.95 bits per heavy atom. The first-order valence-corrected chi connectivity index (χ1v) is 7.58. The number of rotatable bonds is 3. The second-order valence-corrected chi connectivity index (χ2v) is 7.15. The molecule has 2 atom stereocenters. The number of nitrogens with zero attached hydrogens (tertiary/aromatic N) is 2. The Balaban J connectivity index is 2.35. The van der Waals surface area contributed by atoms with E-state index in [-0.39, 0.29) is 17.2 Å². The maximum Gasteiger partial charge on any atom is 0.226 e. The largest absolute Gasteiger partial charge is 0.349 e. The lowest BCUT2D eigenvalue weighted by Crippen LogP contribution is -2.35. The highest BCUT2D eigenvalue weighted by molar-refractivity contribution is 5.79. The predicted octanol–water partition coefficient (Wildman–Crippen LogP) is 2.58. The van der Waals surface area contributed by atoms with Crippen LogP contribution < -0.4 is 5.73 Å². The van der Waals surface area contributed by atoms with Gasteiger partial charge in [0.1, 0.15) is 5.82 Å². The monoisotopic (exact) mass is 302 g/mol. The Morgan fingerprint density at radius 1 is 1.32 bits per heavy atom. The highest BCUT2D eigenvalue weighted by Gasteiger charge is 2.26. The Bertz CT molecular complexity index is 682. The fourth-order valence-corrected chi connectivity index (χ4v) is 2.45. The van der Waals surface area contributed by atoms with E-state index >= 15 is 0 Å². The van der Waals surface area contributed by atoms with E-state index < -0.39 is 6.04 Å². The molecule has 1 amide bonds. The fourth-order valence-electron chi connectivity index (χ4n) is 2.45. The van der Waals surface area contributed by atoms with Crippen LogP contribution in [0.4, 0.5) is 0 Å². The molecule has 22 heavy (non-hydrogen) atoms. The number of carbonyl (C=O) groups excluding carboxylic acids is 1. The van der Waals surface area contributed by atoms with Gasteiger partial charge in [0.2, 0.25) is 5.91 Å². The lowest BCUT2D eigenvalue weighted by Gasteiger charge is -2.21. The van der Waals surface area contributed by atoms with Gasteiger partial charge in [-0.25, -0.2) is 4.98 Å². The predicted molar refractivity (Wildman–Crippen MR) is 89.6 cm³/mol. The minimum atomic E-state index is -0.444. The zero-order chi connectivity index (χ0) is 16.7. The molecule has 0 radical (unpaired) electrons. The van der Waals surface area contributed by atoms with Crippen molar-refractivity contribution in [3.63, 3.8) is 0 Å². The molecular weight excluding hydrogens is 276 g/mol. The average molecular weight is 302 g/mol. The summed E-state index contributed by atoms with van der Waals surface area (Å²) in [5.41, 5.74) is 9.38. The van der Waals surface area contributed by atoms with Crippen LogP contribution >= 0.6 is 0 Å². The molecule has 3 N–H and O–H groups in total. The third-order valence-corrected chi connectivity index (χ3v) is 4.05. The van der Waals surface area contributed by atoms with Gasteiger partial charge < -0.3 is 15.6 Å². The maximum atomic E-state index is 12.1. The number of aromatic amines is 1. The zero-order valence-corrected chi connectivity index (χ0v) is 14.3. The molecule has 120 valence electrons. The first-order valence-electron chi connectivity index (χ1n) is 7.58. The molecule has 0 aliphatic heterocycles. The third-order valence-electron chi connectivity index (χ3n) is 4.05. The van der Waals surface area contributed by atoms with Gasteiger partial charge in [-0.3, -0.25) is 4.79 Å². The van der Waals surface area contributed by atoms with Crippen molar-refractivity contribution in [2.45, 2.75) is 39.2 Å². The molecule has 5 nitrogen and oxygen atoms in total. The van der Waals surface area contributed by atoms with Crippen molar-refractivity contribution in [3.8, 4) is 0 Å². The van der Waals surface area contributed by atoms with Gasteiger partial charge >= 0.3 is 0 Å². The zero-order valence-electron chi connectivity index (χ0n) is 14.3. The van der Waals surface area contributed by atoms with Crippen LogP contribution in [0, 0.1) is 5.92 Å². The molecule has 0 saturated heterocycles. The van der Waals surface area contributed by atoms with Crippen LogP contribution in [0.1, 0.15) is 45.1 Å². The number of nitrogens with one attached hydrogen (secondary N) is 1. The van der Waals surface area contributed by atoms with Gasteiger partial charge in [0.05, 0.1) is 23.0 Å². The van der Waals surface area contributed by atoms with E-state index in [1.807, 2.05) is 13.0 Å². The standard InChI is InChI=1S/C17H26N4O/c1-10(16(22)21(5)6)14(18)15-19-12-8-7-11(17(2,3)4)9-13(12)20-15/h7-10,14H,18H2,1-6H3,(H,19,20). The van der Waals surface area contributed by atoms with E-state index in [0.717, 1.165) is 11.0 Å². The van der Waals surface area contributed by atoms with Crippen LogP contribution in [-0.4, -0.2) is 34.9 Å². The number of fused-ring (bicyclic) bond motifs is 1. The molecular formula is C17H26N4O. The summed E-state index contributed by atoms with van der Waals surface area (Å²) in [7, 11) is 3.47. The molecule has 0 saturated carbocycles. The topological polar surface area (TPSA) is 75.0 Å². The lowest BCUT2D eigenvalue weighted by molar-refractivity contribution is -0.133. The first kappa shape index (κ1) is 16.5. The summed E-state index contributed by atoms with van der Waals surface area (Å²) < 4.78 is 0. The van der Waals surface area contributed by atoms with E-state index in [0.29, 0.717) is 5.82 Å². The van der Waals surface area contributed by atoms with Crippen molar-refractivity contribution in [2.75, 3.05) is 14.1 Å². The molecule has 1 aromatic carbocycles. The molecule has 5 heteroatoms. The Kier molecular flexibility index (Phi) is 4.29. The molecule has 2 rings (SSSR count). The summed E-state index contributed by atoms with van der Waals surface area (Å²) in [5, 5.41) is 0. The minimum Gasteiger partial charge on any atom is -0.349 e. The molecule has 1 heterocycles. The first-order chi connectivity index (χ1) is 10.1. The van der Waals surface area contributed by atoms with Gasteiger partial charge in [-0.15, -0.1) is 0 Å². The number of H-pyrrole nitrogens is 1. The SMILES string of the molecule is CC(C(=O)N(C)C)C(N)c1nc2ccc(C(C)(C)C)cc2[nH]1. The van der Waals surface area contributed by atoms with Gasteiger partial charge in [0.15, 0.2) is 0 Å². The number of nitrogens with two attached hydrogens (primary N) is 1. The van der Waals surface area contributed by atoms with Gasteiger partial charge in [-0.05, 0) is 23.1 Å². The molecule has 0 aliphatic carbocycles. The van der Waals surface area contributed by atoms with Crippen molar-refractivity contribution < 1.29 is 4.79 Å². The Labute approximate surface area is 131 Å². The van der Waals surface area contributed by atoms with Crippen LogP contribution in [0.15, 0.2) is 18.2 Å². The number of aromatic nitrogens is 2. The quantitative estimate of drug-likeness (QED) is 0.915. The molecule has 0 aliphatic rings. The van der Waals surface area contributed by atoms with E-state index in [4.69, 9.17) is 5.73 Å². The van der Waals surface area contributed by atoms with Gasteiger partial charge in [0.25, 0.3) is 0 Å². The summed E-state index contributed by atoms with van der Waals surface area (Å²) >= 11 is 0. The van der Waals surface area contributed by atoms with Gasteiger partial charge in [0, 0.05) is 14.1 Å². The van der Waals surface area contributed by atoms with E-state index in [9.17, 15) is 4.79 Å². The summed E-state index contributed by atoms with van der Waals surface area (Å²) in [6.07, 6.45) is 0. The van der Waals surface area contributed by atoms with Gasteiger partial charge in [-0.2, -0.15) is 0 Å². The number of imidazole rings is 1. The lowest BCUT2D eigenvalue weighted by atomic mass is 9.87. The average Bonchev–Trinajstić information content (AvgIpc) is 2.86. The van der Waals surface area contributed by atoms with E-state index in [1.165, 1.54) is 5.56 Å². The molecule has 2 aromatic rings. The second kappa shape index (κ2) is 5.72. The minimum absolute atomic E-state index is 0.00309. The summed E-state index contributed by atoms with van der Waals surface area (Å²) in [6, 6.07) is 5.76. The van der Waals surface area contributed by atoms with Crippen LogP contribution in [0.2, 0.25) is 0 Å². The Morgan fingerprint density at radius 3 is 2.50 bits per heavy atom. The van der Waals surface area contributed by atoms with Crippen molar-refractivity contribution in [1.82, 2.24) is 14.9 Å². The number of hydrogen-bond donors (Lipinski definition) is 2. The summed E-state index contributed by atoms with van der Waals surface area (Å²) in [5.74, 6) is 0.338. The number of hydrogen-bond acceptors (Lipinski definition) is 3. The highest BCUT2D eigenvalue weighted by Crippen LogP contribution is 2.27. The van der Waals surface area contributed by atoms with Crippen molar-refractivity contribution in [2.24, 2.45) is 11.7 Å². The van der Waals surface area contributed by atoms with E-state index in [2.05, 4.69) is 42.9 Å². The van der Waals surface area contributed by atoms with Crippen molar-refractivity contribution in [1.29, 1.82) is 0 Å². The Hall–Kier alpha value is -1.88. The van der Waals surface area contributed by atoms with Crippen molar-refractivity contribution in [3.05, 3.63) is 29.6 Å². The number of amides is 1. The normalized spacial score (nSPS) is 14.9. The van der Waals surface area contributed by atoms with Gasteiger partial charge in [-0.1, -0.05) is 33.8 Å². The number of carbonyl (C=O) groups is 1.